The lowest BCUT2D eigenvalue weighted by Gasteiger charge is -2.03. The molecule has 0 saturated heterocycles. The van der Waals surface area contributed by atoms with Crippen LogP contribution in [0.15, 0.2) is 12.4 Å². The van der Waals surface area contributed by atoms with E-state index in [4.69, 9.17) is 5.73 Å². The Labute approximate surface area is 154 Å². The Balaban J connectivity index is 1.91. The van der Waals surface area contributed by atoms with Crippen LogP contribution < -0.4 is 10.3 Å². The Hall–Kier alpha value is -1.32. The highest BCUT2D eigenvalue weighted by molar-refractivity contribution is 5.73. The number of hydrogen-bond donors (Lipinski definition) is 2. The summed E-state index contributed by atoms with van der Waals surface area (Å²) in [6.45, 7) is 2.96. The molecule has 0 unspecified atom stereocenters. The summed E-state index contributed by atoms with van der Waals surface area (Å²) in [6, 6.07) is 0. The Kier molecular flexibility index (Phi) is 13.0. The highest BCUT2D eigenvalue weighted by Crippen LogP contribution is 2.12. The lowest BCUT2D eigenvalue weighted by Crippen LogP contribution is -2.38. The molecule has 0 fully saturated rings. The van der Waals surface area contributed by atoms with Crippen LogP contribution >= 0.6 is 0 Å². The molecular formula is C21H40N3O+. The molecule has 1 heterocycles. The summed E-state index contributed by atoms with van der Waals surface area (Å²) in [6.07, 6.45) is 23.4. The summed E-state index contributed by atoms with van der Waals surface area (Å²) < 4.78 is 2.12. The van der Waals surface area contributed by atoms with E-state index >= 15 is 0 Å². The van der Waals surface area contributed by atoms with Gasteiger partial charge in [0.25, 0.3) is 5.82 Å². The first-order valence-corrected chi connectivity index (χ1v) is 10.6. The van der Waals surface area contributed by atoms with Crippen molar-refractivity contribution in [2.75, 3.05) is 0 Å². The van der Waals surface area contributed by atoms with Gasteiger partial charge < -0.3 is 5.73 Å². The van der Waals surface area contributed by atoms with Crippen molar-refractivity contribution >= 4 is 5.91 Å². The molecule has 144 valence electrons. The van der Waals surface area contributed by atoms with Gasteiger partial charge >= 0.3 is 0 Å². The van der Waals surface area contributed by atoms with Gasteiger partial charge in [0.15, 0.2) is 0 Å². The number of unbranched alkanes of at least 4 members (excludes halogenated alkanes) is 12. The minimum absolute atomic E-state index is 0.236. The minimum atomic E-state index is -0.236. The minimum Gasteiger partial charge on any atom is -0.370 e. The average Bonchev–Trinajstić information content (AvgIpc) is 3.04. The predicted octanol–water partition coefficient (Wildman–Crippen LogP) is 4.81. The van der Waals surface area contributed by atoms with Crippen molar-refractivity contribution in [3.63, 3.8) is 0 Å². The topological polar surface area (TPSA) is 62.8 Å². The second-order valence-corrected chi connectivity index (χ2v) is 7.31. The van der Waals surface area contributed by atoms with E-state index in [2.05, 4.69) is 16.5 Å². The van der Waals surface area contributed by atoms with E-state index in [1.54, 1.807) is 0 Å². The van der Waals surface area contributed by atoms with Crippen LogP contribution in [0.1, 0.15) is 103 Å². The molecule has 0 aliphatic heterocycles. The molecular weight excluding hydrogens is 310 g/mol. The number of hydrogen-bond acceptors (Lipinski definition) is 1. The molecule has 4 heteroatoms. The zero-order valence-corrected chi connectivity index (χ0v) is 16.4. The van der Waals surface area contributed by atoms with Crippen LogP contribution in [0, 0.1) is 0 Å². The Morgan fingerprint density at radius 3 is 1.96 bits per heavy atom. The van der Waals surface area contributed by atoms with Gasteiger partial charge in [-0.15, -0.1) is 0 Å². The Bertz CT molecular complexity index is 442. The molecule has 1 aromatic heterocycles. The first-order valence-electron chi connectivity index (χ1n) is 10.6. The summed E-state index contributed by atoms with van der Waals surface area (Å²) in [7, 11) is 0. The molecule has 1 amide bonds. The van der Waals surface area contributed by atoms with E-state index in [0.717, 1.165) is 6.42 Å². The fourth-order valence-electron chi connectivity index (χ4n) is 3.36. The third-order valence-corrected chi connectivity index (χ3v) is 4.97. The third-order valence-electron chi connectivity index (χ3n) is 4.97. The largest absolute Gasteiger partial charge is 0.370 e. The molecule has 0 radical (unpaired) electrons. The normalized spacial score (nSPS) is 11.1. The van der Waals surface area contributed by atoms with Crippen molar-refractivity contribution in [3.05, 3.63) is 18.2 Å². The van der Waals surface area contributed by atoms with E-state index in [1.807, 2.05) is 12.4 Å². The van der Waals surface area contributed by atoms with Crippen molar-refractivity contribution in [2.24, 2.45) is 5.73 Å². The number of aromatic amines is 1. The number of imidazole rings is 1. The number of nitrogens with zero attached hydrogens (tertiary/aromatic N) is 1. The first kappa shape index (κ1) is 21.7. The summed E-state index contributed by atoms with van der Waals surface area (Å²) in [5, 5.41) is 0. The molecule has 0 spiro atoms. The number of carbonyl (C=O) groups excluding carboxylic acids is 1. The summed E-state index contributed by atoms with van der Waals surface area (Å²) in [4.78, 5) is 14.2. The Morgan fingerprint density at radius 1 is 0.920 bits per heavy atom. The number of nitrogens with two attached hydrogens (primary N) is 1. The summed E-state index contributed by atoms with van der Waals surface area (Å²) in [5.41, 5.74) is 5.22. The standard InChI is InChI=1S/C21H39N3O/c1-2-3-4-5-6-7-8-9-10-11-12-13-14-15-21-23-17-19-24(21)18-16-20(22)25/h17,19H,2-16,18H2,1H3,(H2,22,25)/p+1. The fourth-order valence-corrected chi connectivity index (χ4v) is 3.36. The van der Waals surface area contributed by atoms with Crippen molar-refractivity contribution in [1.82, 2.24) is 4.98 Å². The number of amides is 1. The maximum absolute atomic E-state index is 10.9. The van der Waals surface area contributed by atoms with E-state index in [-0.39, 0.29) is 5.91 Å². The third kappa shape index (κ3) is 11.8. The molecule has 1 rings (SSSR count). The molecule has 0 aliphatic rings. The number of rotatable bonds is 17. The van der Waals surface area contributed by atoms with Crippen molar-refractivity contribution in [1.29, 1.82) is 0 Å². The first-order chi connectivity index (χ1) is 12.2. The summed E-state index contributed by atoms with van der Waals surface area (Å²) >= 11 is 0. The molecule has 0 aliphatic carbocycles. The molecule has 4 nitrogen and oxygen atoms in total. The van der Waals surface area contributed by atoms with E-state index in [0.29, 0.717) is 13.0 Å². The number of carbonyl (C=O) groups is 1. The van der Waals surface area contributed by atoms with Gasteiger partial charge in [-0.05, 0) is 6.42 Å². The van der Waals surface area contributed by atoms with Crippen LogP contribution in [-0.4, -0.2) is 10.9 Å². The van der Waals surface area contributed by atoms with Gasteiger partial charge in [0, 0.05) is 6.42 Å². The monoisotopic (exact) mass is 350 g/mol. The van der Waals surface area contributed by atoms with Crippen molar-refractivity contribution < 1.29 is 9.36 Å². The number of nitrogens with one attached hydrogen (secondary N) is 1. The predicted molar refractivity (Wildman–Crippen MR) is 104 cm³/mol. The number of primary amides is 1. The van der Waals surface area contributed by atoms with Gasteiger partial charge in [-0.25, -0.2) is 9.55 Å². The lowest BCUT2D eigenvalue weighted by atomic mass is 10.0. The van der Waals surface area contributed by atoms with Crippen LogP contribution in [0.5, 0.6) is 0 Å². The zero-order valence-electron chi connectivity index (χ0n) is 16.4. The molecule has 3 N–H and O–H groups in total. The van der Waals surface area contributed by atoms with Gasteiger partial charge in [-0.1, -0.05) is 84.0 Å². The van der Waals surface area contributed by atoms with Crippen molar-refractivity contribution in [2.45, 2.75) is 110 Å². The summed E-state index contributed by atoms with van der Waals surface area (Å²) in [5.74, 6) is 0.977. The Morgan fingerprint density at radius 2 is 1.44 bits per heavy atom. The van der Waals surface area contributed by atoms with Crippen LogP contribution in [0.2, 0.25) is 0 Å². The second kappa shape index (κ2) is 15.0. The van der Waals surface area contributed by atoms with Gasteiger partial charge in [0.2, 0.25) is 5.91 Å². The molecule has 0 aromatic carbocycles. The van der Waals surface area contributed by atoms with E-state index in [1.165, 1.54) is 89.3 Å². The van der Waals surface area contributed by atoms with Crippen molar-refractivity contribution in [3.8, 4) is 0 Å². The number of H-pyrrole nitrogens is 1. The number of aryl methyl sites for hydroxylation is 2. The van der Waals surface area contributed by atoms with Gasteiger partial charge in [-0.2, -0.15) is 0 Å². The maximum atomic E-state index is 10.9. The second-order valence-electron chi connectivity index (χ2n) is 7.31. The smallest absolute Gasteiger partial charge is 0.254 e. The van der Waals surface area contributed by atoms with E-state index < -0.39 is 0 Å². The van der Waals surface area contributed by atoms with Crippen LogP contribution in [0.25, 0.3) is 0 Å². The fraction of sp³-hybridized carbons (Fsp3) is 0.810. The highest BCUT2D eigenvalue weighted by atomic mass is 16.1. The van der Waals surface area contributed by atoms with Crippen LogP contribution in [-0.2, 0) is 17.8 Å². The molecule has 0 atom stereocenters. The van der Waals surface area contributed by atoms with Crippen LogP contribution in [0.4, 0.5) is 0 Å². The number of aromatic nitrogens is 2. The average molecular weight is 351 g/mol. The molecule has 25 heavy (non-hydrogen) atoms. The maximum Gasteiger partial charge on any atom is 0.254 e. The highest BCUT2D eigenvalue weighted by Gasteiger charge is 2.10. The molecule has 0 bridgehead atoms. The zero-order chi connectivity index (χ0) is 18.2. The van der Waals surface area contributed by atoms with Gasteiger partial charge in [0.05, 0.1) is 13.0 Å². The van der Waals surface area contributed by atoms with Gasteiger partial charge in [-0.3, -0.25) is 4.79 Å². The lowest BCUT2D eigenvalue weighted by molar-refractivity contribution is -0.701. The van der Waals surface area contributed by atoms with E-state index in [9.17, 15) is 4.79 Å². The molecule has 1 aromatic rings. The van der Waals surface area contributed by atoms with Gasteiger partial charge in [0.1, 0.15) is 12.4 Å². The quantitative estimate of drug-likeness (QED) is 0.307. The SMILES string of the molecule is CCCCCCCCCCCCCCCc1[nH]cc[n+]1CCC(N)=O. The van der Waals surface area contributed by atoms with Crippen LogP contribution in [0.3, 0.4) is 0 Å². The molecule has 0 saturated carbocycles.